The van der Waals surface area contributed by atoms with Gasteiger partial charge in [0.15, 0.2) is 17.6 Å². The predicted molar refractivity (Wildman–Crippen MR) is 76.1 cm³/mol. The Morgan fingerprint density at radius 1 is 1.45 bits per heavy atom. The van der Waals surface area contributed by atoms with E-state index in [2.05, 4.69) is 20.7 Å². The third kappa shape index (κ3) is 2.76. The number of benzene rings is 1. The van der Waals surface area contributed by atoms with E-state index in [0.29, 0.717) is 41.2 Å². The third-order valence-corrected chi connectivity index (χ3v) is 3.77. The van der Waals surface area contributed by atoms with Crippen molar-refractivity contribution in [1.29, 1.82) is 0 Å². The minimum atomic E-state index is -1.33. The van der Waals surface area contributed by atoms with Crippen LogP contribution < -0.4 is 9.47 Å². The molecule has 0 aromatic heterocycles. The minimum Gasteiger partial charge on any atom is -0.489 e. The Morgan fingerprint density at radius 3 is 2.70 bits per heavy atom. The molecule has 6 heteroatoms. The monoisotopic (exact) mass is 344 g/mol. The standard InChI is InChI=1S/C14H17BrO5/c1-3-8-9(11(16)14(17)18-2)7-10(15)13-12(8)19-5-4-6-20-13/h7,11,16H,3-6H2,1-2H3. The van der Waals surface area contributed by atoms with Crippen molar-refractivity contribution in [3.63, 3.8) is 0 Å². The lowest BCUT2D eigenvalue weighted by atomic mass is 9.98. The minimum absolute atomic E-state index is 0.482. The van der Waals surface area contributed by atoms with Crippen molar-refractivity contribution in [1.82, 2.24) is 0 Å². The van der Waals surface area contributed by atoms with E-state index in [0.717, 1.165) is 12.0 Å². The lowest BCUT2D eigenvalue weighted by Crippen LogP contribution is -2.16. The first kappa shape index (κ1) is 15.1. The van der Waals surface area contributed by atoms with Gasteiger partial charge in [-0.15, -0.1) is 0 Å². The van der Waals surface area contributed by atoms with Crippen LogP contribution in [0.1, 0.15) is 30.6 Å². The van der Waals surface area contributed by atoms with Gasteiger partial charge in [-0.05, 0) is 34.0 Å². The van der Waals surface area contributed by atoms with E-state index in [1.165, 1.54) is 7.11 Å². The van der Waals surface area contributed by atoms with Gasteiger partial charge in [0.25, 0.3) is 0 Å². The van der Waals surface area contributed by atoms with Gasteiger partial charge in [0.2, 0.25) is 0 Å². The Morgan fingerprint density at radius 2 is 2.10 bits per heavy atom. The molecule has 1 unspecified atom stereocenters. The molecule has 1 N–H and O–H groups in total. The molecule has 0 saturated carbocycles. The van der Waals surface area contributed by atoms with Crippen molar-refractivity contribution >= 4 is 21.9 Å². The second-order valence-corrected chi connectivity index (χ2v) is 5.27. The van der Waals surface area contributed by atoms with Crippen LogP contribution in [0.3, 0.4) is 0 Å². The van der Waals surface area contributed by atoms with Gasteiger partial charge in [-0.1, -0.05) is 6.92 Å². The van der Waals surface area contributed by atoms with Gasteiger partial charge < -0.3 is 19.3 Å². The zero-order chi connectivity index (χ0) is 14.7. The maximum absolute atomic E-state index is 11.6. The number of carbonyl (C=O) groups excluding carboxylic acids is 1. The Kier molecular flexibility index (Phi) is 4.88. The van der Waals surface area contributed by atoms with Crippen molar-refractivity contribution in [3.05, 3.63) is 21.7 Å². The molecule has 1 aromatic carbocycles. The van der Waals surface area contributed by atoms with Crippen LogP contribution in [0, 0.1) is 0 Å². The molecule has 0 saturated heterocycles. The molecule has 0 spiro atoms. The Labute approximate surface area is 126 Å². The molecular weight excluding hydrogens is 328 g/mol. The lowest BCUT2D eigenvalue weighted by Gasteiger charge is -2.19. The maximum atomic E-state index is 11.6. The van der Waals surface area contributed by atoms with E-state index in [1.54, 1.807) is 6.07 Å². The van der Waals surface area contributed by atoms with Crippen LogP contribution in [0.4, 0.5) is 0 Å². The molecule has 1 heterocycles. The van der Waals surface area contributed by atoms with Crippen LogP contribution in [0.25, 0.3) is 0 Å². The molecule has 5 nitrogen and oxygen atoms in total. The zero-order valence-corrected chi connectivity index (χ0v) is 13.0. The number of halogens is 1. The summed E-state index contributed by atoms with van der Waals surface area (Å²) in [6, 6.07) is 1.69. The van der Waals surface area contributed by atoms with Crippen LogP contribution in [0.5, 0.6) is 11.5 Å². The number of methoxy groups -OCH3 is 1. The summed E-state index contributed by atoms with van der Waals surface area (Å²) in [4.78, 5) is 11.6. The molecule has 0 radical (unpaired) electrons. The van der Waals surface area contributed by atoms with Gasteiger partial charge in [0.05, 0.1) is 24.8 Å². The Bertz CT molecular complexity index is 515. The highest BCUT2D eigenvalue weighted by Gasteiger charge is 2.27. The highest BCUT2D eigenvalue weighted by atomic mass is 79.9. The topological polar surface area (TPSA) is 65.0 Å². The van der Waals surface area contributed by atoms with E-state index in [4.69, 9.17) is 9.47 Å². The first-order chi connectivity index (χ1) is 9.60. The summed E-state index contributed by atoms with van der Waals surface area (Å²) in [5.41, 5.74) is 1.25. The van der Waals surface area contributed by atoms with Gasteiger partial charge in [-0.2, -0.15) is 0 Å². The fourth-order valence-electron chi connectivity index (χ4n) is 2.21. The molecule has 1 aromatic rings. The smallest absolute Gasteiger partial charge is 0.339 e. The summed E-state index contributed by atoms with van der Waals surface area (Å²) in [5.74, 6) is 0.526. The van der Waals surface area contributed by atoms with Crippen molar-refractivity contribution in [3.8, 4) is 11.5 Å². The van der Waals surface area contributed by atoms with Crippen LogP contribution in [0.15, 0.2) is 10.5 Å². The number of aliphatic hydroxyl groups is 1. The lowest BCUT2D eigenvalue weighted by molar-refractivity contribution is -0.150. The average molecular weight is 345 g/mol. The van der Waals surface area contributed by atoms with Crippen molar-refractivity contribution in [2.45, 2.75) is 25.9 Å². The number of ether oxygens (including phenoxy) is 3. The van der Waals surface area contributed by atoms with Crippen LogP contribution >= 0.6 is 15.9 Å². The summed E-state index contributed by atoms with van der Waals surface area (Å²) in [6.07, 6.45) is 0.0741. The van der Waals surface area contributed by atoms with Crippen molar-refractivity contribution in [2.75, 3.05) is 20.3 Å². The molecule has 0 aliphatic carbocycles. The summed E-state index contributed by atoms with van der Waals surface area (Å²) in [5, 5.41) is 10.1. The Balaban J connectivity index is 2.56. The Hall–Kier alpha value is -1.27. The predicted octanol–water partition coefficient (Wildman–Crippen LogP) is 2.38. The molecule has 1 aliphatic heterocycles. The average Bonchev–Trinajstić information content (AvgIpc) is 2.71. The normalized spacial score (nSPS) is 15.4. The van der Waals surface area contributed by atoms with E-state index in [-0.39, 0.29) is 0 Å². The number of aliphatic hydroxyl groups excluding tert-OH is 1. The molecular formula is C14H17BrO5. The summed E-state index contributed by atoms with van der Waals surface area (Å²) in [7, 11) is 1.25. The van der Waals surface area contributed by atoms with Crippen LogP contribution in [0.2, 0.25) is 0 Å². The number of hydrogen-bond acceptors (Lipinski definition) is 5. The third-order valence-electron chi connectivity index (χ3n) is 3.18. The van der Waals surface area contributed by atoms with Gasteiger partial charge in [0, 0.05) is 12.0 Å². The quantitative estimate of drug-likeness (QED) is 0.853. The second-order valence-electron chi connectivity index (χ2n) is 4.41. The molecule has 1 aliphatic rings. The molecule has 0 bridgehead atoms. The molecule has 20 heavy (non-hydrogen) atoms. The van der Waals surface area contributed by atoms with E-state index in [9.17, 15) is 9.90 Å². The van der Waals surface area contributed by atoms with Crippen molar-refractivity contribution in [2.24, 2.45) is 0 Å². The summed E-state index contributed by atoms with van der Waals surface area (Å²) in [6.45, 7) is 3.06. The molecule has 1 atom stereocenters. The molecule has 110 valence electrons. The zero-order valence-electron chi connectivity index (χ0n) is 11.4. The summed E-state index contributed by atoms with van der Waals surface area (Å²) >= 11 is 3.40. The maximum Gasteiger partial charge on any atom is 0.339 e. The van der Waals surface area contributed by atoms with E-state index in [1.807, 2.05) is 6.92 Å². The number of esters is 1. The fraction of sp³-hybridized carbons (Fsp3) is 0.500. The first-order valence-electron chi connectivity index (χ1n) is 6.46. The molecule has 0 amide bonds. The van der Waals surface area contributed by atoms with E-state index < -0.39 is 12.1 Å². The van der Waals surface area contributed by atoms with Gasteiger partial charge in [-0.25, -0.2) is 4.79 Å². The molecule has 0 fully saturated rings. The number of carbonyl (C=O) groups is 1. The molecule has 2 rings (SSSR count). The highest BCUT2D eigenvalue weighted by molar-refractivity contribution is 9.10. The number of rotatable bonds is 3. The SMILES string of the molecule is CCc1c(C(O)C(=O)OC)cc(Br)c2c1OCCCO2. The highest BCUT2D eigenvalue weighted by Crippen LogP contribution is 2.43. The summed E-state index contributed by atoms with van der Waals surface area (Å²) < 4.78 is 16.7. The second kappa shape index (κ2) is 6.45. The first-order valence-corrected chi connectivity index (χ1v) is 7.26. The van der Waals surface area contributed by atoms with Crippen molar-refractivity contribution < 1.29 is 24.1 Å². The largest absolute Gasteiger partial charge is 0.489 e. The van der Waals surface area contributed by atoms with Gasteiger partial charge in [0.1, 0.15) is 0 Å². The fourth-order valence-corrected chi connectivity index (χ4v) is 2.75. The number of fused-ring (bicyclic) bond motifs is 1. The van der Waals surface area contributed by atoms with Gasteiger partial charge in [-0.3, -0.25) is 0 Å². The van der Waals surface area contributed by atoms with E-state index >= 15 is 0 Å². The van der Waals surface area contributed by atoms with Gasteiger partial charge >= 0.3 is 5.97 Å². The van der Waals surface area contributed by atoms with Crippen LogP contribution in [-0.4, -0.2) is 31.4 Å². The number of hydrogen-bond donors (Lipinski definition) is 1. The van der Waals surface area contributed by atoms with Crippen LogP contribution in [-0.2, 0) is 16.0 Å².